The first-order valence-corrected chi connectivity index (χ1v) is 3.80. The molecule has 0 saturated carbocycles. The Morgan fingerprint density at radius 1 is 1.67 bits per heavy atom. The van der Waals surface area contributed by atoms with Gasteiger partial charge in [-0.25, -0.2) is 4.79 Å². The van der Waals surface area contributed by atoms with E-state index in [2.05, 4.69) is 10.6 Å². The zero-order valence-corrected chi connectivity index (χ0v) is 7.69. The van der Waals surface area contributed by atoms with E-state index in [-0.39, 0.29) is 11.9 Å². The van der Waals surface area contributed by atoms with E-state index < -0.39 is 5.54 Å². The number of amides is 2. The molecule has 1 unspecified atom stereocenters. The number of hydrogen-bond donors (Lipinski definition) is 4. The summed E-state index contributed by atoms with van der Waals surface area (Å²) in [5, 5.41) is 12.3. The summed E-state index contributed by atoms with van der Waals surface area (Å²) in [6, 6.07) is -0.324. The van der Waals surface area contributed by atoms with E-state index in [0.717, 1.165) is 0 Å². The summed E-state index contributed by atoms with van der Waals surface area (Å²) >= 11 is 0. The number of carbonyl (C=O) groups excluding carboxylic acids is 1. The van der Waals surface area contributed by atoms with E-state index in [1.807, 2.05) is 6.92 Å². The van der Waals surface area contributed by atoms with Crippen LogP contribution in [0.3, 0.4) is 0 Å². The molecule has 0 heterocycles. The SMILES string of the molecule is CCC(C)(NC(=O)NC)C(=N)N. The van der Waals surface area contributed by atoms with Gasteiger partial charge in [-0.05, 0) is 13.3 Å². The van der Waals surface area contributed by atoms with Gasteiger partial charge in [0.1, 0.15) is 5.84 Å². The summed E-state index contributed by atoms with van der Waals surface area (Å²) < 4.78 is 0. The highest BCUT2D eigenvalue weighted by atomic mass is 16.2. The van der Waals surface area contributed by atoms with Gasteiger partial charge in [-0.2, -0.15) is 0 Å². The third kappa shape index (κ3) is 2.41. The lowest BCUT2D eigenvalue weighted by Crippen LogP contribution is -2.56. The molecule has 12 heavy (non-hydrogen) atoms. The largest absolute Gasteiger partial charge is 0.386 e. The van der Waals surface area contributed by atoms with Gasteiger partial charge in [-0.15, -0.1) is 0 Å². The van der Waals surface area contributed by atoms with Crippen molar-refractivity contribution in [1.29, 1.82) is 5.41 Å². The molecule has 0 aliphatic carbocycles. The zero-order valence-electron chi connectivity index (χ0n) is 7.69. The minimum atomic E-state index is -0.736. The average molecular weight is 172 g/mol. The molecule has 0 spiro atoms. The predicted octanol–water partition coefficient (Wildman–Crippen LogP) is 0.0201. The molecule has 2 amide bonds. The van der Waals surface area contributed by atoms with E-state index in [1.54, 1.807) is 6.92 Å². The van der Waals surface area contributed by atoms with Crippen LogP contribution in [-0.2, 0) is 0 Å². The van der Waals surface area contributed by atoms with Crippen molar-refractivity contribution in [2.75, 3.05) is 7.05 Å². The lowest BCUT2D eigenvalue weighted by Gasteiger charge is -2.27. The van der Waals surface area contributed by atoms with E-state index >= 15 is 0 Å². The number of carbonyl (C=O) groups is 1. The second-order valence-corrected chi connectivity index (χ2v) is 2.80. The smallest absolute Gasteiger partial charge is 0.315 e. The Bertz CT molecular complexity index is 192. The van der Waals surface area contributed by atoms with Crippen LogP contribution in [0.4, 0.5) is 4.79 Å². The van der Waals surface area contributed by atoms with Gasteiger partial charge in [0, 0.05) is 7.05 Å². The number of rotatable bonds is 3. The molecule has 70 valence electrons. The first-order chi connectivity index (χ1) is 5.46. The standard InChI is InChI=1S/C7H16N4O/c1-4-7(2,5(8)9)11-6(12)10-3/h4H2,1-3H3,(H3,8,9)(H2,10,11,12). The third-order valence-electron chi connectivity index (χ3n) is 1.92. The molecule has 0 rings (SSSR count). The molecule has 0 aromatic carbocycles. The Hall–Kier alpha value is -1.26. The second-order valence-electron chi connectivity index (χ2n) is 2.80. The van der Waals surface area contributed by atoms with Crippen LogP contribution in [0.15, 0.2) is 0 Å². The molecule has 0 saturated heterocycles. The van der Waals surface area contributed by atoms with Gasteiger partial charge in [-0.3, -0.25) is 5.41 Å². The Balaban J connectivity index is 4.34. The Kier molecular flexibility index (Phi) is 3.53. The van der Waals surface area contributed by atoms with Gasteiger partial charge < -0.3 is 16.4 Å². The van der Waals surface area contributed by atoms with E-state index in [0.29, 0.717) is 6.42 Å². The van der Waals surface area contributed by atoms with Gasteiger partial charge in [-0.1, -0.05) is 6.92 Å². The van der Waals surface area contributed by atoms with Crippen molar-refractivity contribution in [3.63, 3.8) is 0 Å². The topological polar surface area (TPSA) is 91.0 Å². The second kappa shape index (κ2) is 3.94. The number of nitrogens with two attached hydrogens (primary N) is 1. The maximum atomic E-state index is 10.9. The molecule has 1 atom stereocenters. The molecular formula is C7H16N4O. The van der Waals surface area contributed by atoms with Crippen LogP contribution >= 0.6 is 0 Å². The summed E-state index contributed by atoms with van der Waals surface area (Å²) in [7, 11) is 1.52. The van der Waals surface area contributed by atoms with Crippen LogP contribution in [0.2, 0.25) is 0 Å². The summed E-state index contributed by atoms with van der Waals surface area (Å²) in [6.07, 6.45) is 0.593. The first kappa shape index (κ1) is 10.7. The summed E-state index contributed by atoms with van der Waals surface area (Å²) in [5.74, 6) is -0.0337. The quantitative estimate of drug-likeness (QED) is 0.357. The van der Waals surface area contributed by atoms with Gasteiger partial charge in [0.2, 0.25) is 0 Å². The van der Waals surface area contributed by atoms with Crippen molar-refractivity contribution in [3.8, 4) is 0 Å². The van der Waals surface area contributed by atoms with Gasteiger partial charge in [0.05, 0.1) is 5.54 Å². The lowest BCUT2D eigenvalue weighted by atomic mass is 9.98. The number of hydrogen-bond acceptors (Lipinski definition) is 2. The highest BCUT2D eigenvalue weighted by Gasteiger charge is 2.27. The first-order valence-electron chi connectivity index (χ1n) is 3.80. The molecule has 5 nitrogen and oxygen atoms in total. The highest BCUT2D eigenvalue weighted by Crippen LogP contribution is 2.07. The summed E-state index contributed by atoms with van der Waals surface area (Å²) in [6.45, 7) is 3.57. The molecule has 0 aliphatic rings. The molecule has 5 heteroatoms. The van der Waals surface area contributed by atoms with Crippen LogP contribution in [0.5, 0.6) is 0 Å². The van der Waals surface area contributed by atoms with Crippen molar-refractivity contribution in [1.82, 2.24) is 10.6 Å². The minimum absolute atomic E-state index is 0.0337. The normalized spacial score (nSPS) is 14.6. The fourth-order valence-corrected chi connectivity index (χ4v) is 0.659. The van der Waals surface area contributed by atoms with Crippen LogP contribution in [0.1, 0.15) is 20.3 Å². The van der Waals surface area contributed by atoms with E-state index in [1.165, 1.54) is 7.05 Å². The lowest BCUT2D eigenvalue weighted by molar-refractivity contribution is 0.236. The Morgan fingerprint density at radius 3 is 2.42 bits per heavy atom. The monoisotopic (exact) mass is 172 g/mol. The summed E-state index contributed by atoms with van der Waals surface area (Å²) in [4.78, 5) is 10.9. The molecule has 0 bridgehead atoms. The Morgan fingerprint density at radius 2 is 2.17 bits per heavy atom. The molecule has 0 aromatic rings. The summed E-state index contributed by atoms with van der Waals surface area (Å²) in [5.41, 5.74) is 4.59. The maximum Gasteiger partial charge on any atom is 0.315 e. The number of amidine groups is 1. The molecule has 0 aliphatic heterocycles. The van der Waals surface area contributed by atoms with Gasteiger partial charge >= 0.3 is 6.03 Å². The van der Waals surface area contributed by atoms with E-state index in [4.69, 9.17) is 11.1 Å². The molecular weight excluding hydrogens is 156 g/mol. The van der Waals surface area contributed by atoms with Crippen LogP contribution in [-0.4, -0.2) is 24.5 Å². The molecule has 5 N–H and O–H groups in total. The predicted molar refractivity (Wildman–Crippen MR) is 48.2 cm³/mol. The van der Waals surface area contributed by atoms with Crippen LogP contribution in [0, 0.1) is 5.41 Å². The van der Waals surface area contributed by atoms with Gasteiger partial charge in [0.15, 0.2) is 0 Å². The Labute approximate surface area is 72.2 Å². The maximum absolute atomic E-state index is 10.9. The molecule has 0 fully saturated rings. The average Bonchev–Trinajstić information content (AvgIpc) is 2.03. The highest BCUT2D eigenvalue weighted by molar-refractivity contribution is 5.91. The number of urea groups is 1. The molecule has 0 aromatic heterocycles. The van der Waals surface area contributed by atoms with Crippen molar-refractivity contribution in [2.45, 2.75) is 25.8 Å². The fourth-order valence-electron chi connectivity index (χ4n) is 0.659. The fraction of sp³-hybridized carbons (Fsp3) is 0.714. The van der Waals surface area contributed by atoms with Crippen molar-refractivity contribution >= 4 is 11.9 Å². The molecule has 0 radical (unpaired) electrons. The van der Waals surface area contributed by atoms with Gasteiger partial charge in [0.25, 0.3) is 0 Å². The van der Waals surface area contributed by atoms with Crippen molar-refractivity contribution in [2.24, 2.45) is 5.73 Å². The third-order valence-corrected chi connectivity index (χ3v) is 1.92. The van der Waals surface area contributed by atoms with Crippen LogP contribution in [0.25, 0.3) is 0 Å². The zero-order chi connectivity index (χ0) is 9.78. The van der Waals surface area contributed by atoms with E-state index in [9.17, 15) is 4.79 Å². The number of nitrogens with one attached hydrogen (secondary N) is 3. The van der Waals surface area contributed by atoms with Crippen LogP contribution < -0.4 is 16.4 Å². The minimum Gasteiger partial charge on any atom is -0.386 e. The van der Waals surface area contributed by atoms with Crippen molar-refractivity contribution < 1.29 is 4.79 Å². The van der Waals surface area contributed by atoms with Crippen molar-refractivity contribution in [3.05, 3.63) is 0 Å².